The molecule has 1 aliphatic heterocycles. The fourth-order valence-electron chi connectivity index (χ4n) is 8.06. The molecular formula is C35H49NO5. The van der Waals surface area contributed by atoms with Gasteiger partial charge in [-0.05, 0) is 98.9 Å². The number of unbranched alkanes of at least 4 members (excludes halogenated alkanes) is 2. The summed E-state index contributed by atoms with van der Waals surface area (Å²) >= 11 is 0. The summed E-state index contributed by atoms with van der Waals surface area (Å²) in [6.45, 7) is 3.17. The number of ether oxygens (including phenoxy) is 1. The number of carbonyl (C=O) groups is 2. The van der Waals surface area contributed by atoms with Crippen LogP contribution >= 0.6 is 0 Å². The van der Waals surface area contributed by atoms with Crippen LogP contribution in [0.1, 0.15) is 114 Å². The van der Waals surface area contributed by atoms with E-state index in [4.69, 9.17) is 4.74 Å². The van der Waals surface area contributed by atoms with Crippen molar-refractivity contribution in [3.8, 4) is 23.3 Å². The van der Waals surface area contributed by atoms with E-state index in [1.807, 2.05) is 6.07 Å². The number of rotatable bonds is 8. The van der Waals surface area contributed by atoms with Crippen molar-refractivity contribution in [3.05, 3.63) is 23.3 Å². The number of aryl methyl sites for hydroxylation is 1. The molecule has 1 aromatic rings. The molecule has 1 saturated heterocycles. The van der Waals surface area contributed by atoms with Crippen LogP contribution in [0.3, 0.4) is 0 Å². The van der Waals surface area contributed by atoms with Crippen LogP contribution in [0.25, 0.3) is 0 Å². The predicted molar refractivity (Wildman–Crippen MR) is 160 cm³/mol. The van der Waals surface area contributed by atoms with Crippen LogP contribution in [0.5, 0.6) is 11.5 Å². The monoisotopic (exact) mass is 563 g/mol. The number of benzene rings is 1. The molecule has 224 valence electrons. The number of methoxy groups -OCH3 is 1. The molecule has 3 fully saturated rings. The second kappa shape index (κ2) is 13.3. The van der Waals surface area contributed by atoms with Crippen LogP contribution in [0.15, 0.2) is 12.1 Å². The highest BCUT2D eigenvalue weighted by molar-refractivity contribution is 5.89. The van der Waals surface area contributed by atoms with Gasteiger partial charge in [0.15, 0.2) is 17.3 Å². The van der Waals surface area contributed by atoms with Crippen LogP contribution in [-0.4, -0.2) is 47.6 Å². The number of hydrogen-bond acceptors (Lipinski definition) is 6. The molecule has 5 rings (SSSR count). The minimum absolute atomic E-state index is 0.0533. The third-order valence-corrected chi connectivity index (χ3v) is 10.7. The van der Waals surface area contributed by atoms with Gasteiger partial charge in [-0.25, -0.2) is 0 Å². The van der Waals surface area contributed by atoms with Crippen molar-refractivity contribution in [2.45, 2.75) is 121 Å². The van der Waals surface area contributed by atoms with Gasteiger partial charge >= 0.3 is 0 Å². The van der Waals surface area contributed by atoms with Gasteiger partial charge in [0.25, 0.3) is 0 Å². The lowest BCUT2D eigenvalue weighted by atomic mass is 9.64. The number of Topliss-reactive ketones (excluding diaryl/α,β-unsaturated/α-hetero) is 2. The number of nitrogens with one attached hydrogen (secondary N) is 1. The zero-order valence-electron chi connectivity index (χ0n) is 25.1. The number of aliphatic hydroxyl groups is 1. The van der Waals surface area contributed by atoms with Gasteiger partial charge in [0.05, 0.1) is 13.2 Å². The van der Waals surface area contributed by atoms with Gasteiger partial charge in [-0.15, -0.1) is 0 Å². The fourth-order valence-corrected chi connectivity index (χ4v) is 8.06. The van der Waals surface area contributed by atoms with Gasteiger partial charge in [-0.3, -0.25) is 9.59 Å². The Morgan fingerprint density at radius 3 is 2.66 bits per heavy atom. The Hall–Kier alpha value is -2.36. The topological polar surface area (TPSA) is 95.9 Å². The first-order valence-electron chi connectivity index (χ1n) is 16.2. The number of fused-ring (bicyclic) bond motifs is 2. The summed E-state index contributed by atoms with van der Waals surface area (Å²) in [4.78, 5) is 25.6. The largest absolute Gasteiger partial charge is 0.504 e. The van der Waals surface area contributed by atoms with Crippen molar-refractivity contribution >= 4 is 11.6 Å². The van der Waals surface area contributed by atoms with Gasteiger partial charge < -0.3 is 20.3 Å². The molecule has 3 aliphatic carbocycles. The molecule has 6 heteroatoms. The minimum atomic E-state index is -0.998. The molecule has 41 heavy (non-hydrogen) atoms. The molecule has 3 N–H and O–H groups in total. The number of hydrogen-bond donors (Lipinski definition) is 3. The highest BCUT2D eigenvalue weighted by Gasteiger charge is 2.47. The standard InChI is InChI=1S/C35H49NO5/c1-3-4-5-6-25-14-16-35(33(39)12-10-26-19-32(41-2)31(38)21-29(25)26)15-13-23(18-34(35)40)7-8-24-17-27-9-11-28(37)20-30(27)36-22-24/h19,21,23-25,27,30,34,36,38,40H,3-13,15,17-18,20,22H2,1-2H3. The predicted octanol–water partition coefficient (Wildman–Crippen LogP) is 5.86. The lowest BCUT2D eigenvalue weighted by Crippen LogP contribution is -2.49. The summed E-state index contributed by atoms with van der Waals surface area (Å²) in [5.74, 6) is 9.43. The number of phenols is 1. The summed E-state index contributed by atoms with van der Waals surface area (Å²) in [7, 11) is 1.55. The second-order valence-corrected chi connectivity index (χ2v) is 13.3. The molecule has 1 heterocycles. The first-order chi connectivity index (χ1) is 19.8. The quantitative estimate of drug-likeness (QED) is 0.271. The van der Waals surface area contributed by atoms with Gasteiger partial charge in [-0.2, -0.15) is 0 Å². The Bertz CT molecular complexity index is 1170. The summed E-state index contributed by atoms with van der Waals surface area (Å²) < 4.78 is 5.38. The number of aliphatic hydroxyl groups excluding tert-OH is 1. The first kappa shape index (κ1) is 30.1. The van der Waals surface area contributed by atoms with E-state index in [1.54, 1.807) is 13.2 Å². The number of aromatic hydroxyl groups is 1. The summed E-state index contributed by atoms with van der Waals surface area (Å²) in [5.41, 5.74) is 1.00. The molecule has 0 radical (unpaired) electrons. The minimum Gasteiger partial charge on any atom is -0.504 e. The van der Waals surface area contributed by atoms with Crippen molar-refractivity contribution in [1.29, 1.82) is 0 Å². The van der Waals surface area contributed by atoms with Crippen LogP contribution in [-0.2, 0) is 16.0 Å². The van der Waals surface area contributed by atoms with Crippen molar-refractivity contribution in [2.75, 3.05) is 13.7 Å². The lowest BCUT2D eigenvalue weighted by Gasteiger charge is -2.42. The van der Waals surface area contributed by atoms with Crippen molar-refractivity contribution in [3.63, 3.8) is 0 Å². The van der Waals surface area contributed by atoms with Crippen LogP contribution in [0, 0.1) is 35.0 Å². The zero-order chi connectivity index (χ0) is 29.0. The Morgan fingerprint density at radius 1 is 1.05 bits per heavy atom. The van der Waals surface area contributed by atoms with E-state index in [1.165, 1.54) is 6.42 Å². The van der Waals surface area contributed by atoms with Crippen molar-refractivity contribution in [2.24, 2.45) is 23.2 Å². The number of phenolic OH excluding ortho intramolecular Hbond substituents is 1. The van der Waals surface area contributed by atoms with E-state index in [0.29, 0.717) is 67.4 Å². The Morgan fingerprint density at radius 2 is 1.88 bits per heavy atom. The van der Waals surface area contributed by atoms with Gasteiger partial charge in [0.1, 0.15) is 11.2 Å². The smallest absolute Gasteiger partial charge is 0.160 e. The SMILES string of the molecule is CCCCCC1C#CC2(CCC(CCC3CNC4CC(=O)CCC4C3)CC2O)C(=O)CCc2cc(OC)c(O)cc21. The molecule has 0 bridgehead atoms. The van der Waals surface area contributed by atoms with E-state index in [9.17, 15) is 19.8 Å². The molecular weight excluding hydrogens is 514 g/mol. The Kier molecular flexibility index (Phi) is 9.77. The van der Waals surface area contributed by atoms with E-state index < -0.39 is 11.5 Å². The van der Waals surface area contributed by atoms with Gasteiger partial charge in [0.2, 0.25) is 0 Å². The highest BCUT2D eigenvalue weighted by Crippen LogP contribution is 2.45. The lowest BCUT2D eigenvalue weighted by molar-refractivity contribution is -0.134. The van der Waals surface area contributed by atoms with E-state index in [-0.39, 0.29) is 17.5 Å². The second-order valence-electron chi connectivity index (χ2n) is 13.3. The van der Waals surface area contributed by atoms with Gasteiger partial charge in [-0.1, -0.05) is 44.4 Å². The third-order valence-electron chi connectivity index (χ3n) is 10.7. The molecule has 1 aromatic carbocycles. The summed E-state index contributed by atoms with van der Waals surface area (Å²) in [6, 6.07) is 4.02. The van der Waals surface area contributed by atoms with Crippen molar-refractivity contribution in [1.82, 2.24) is 5.32 Å². The first-order valence-corrected chi connectivity index (χ1v) is 16.2. The number of ketones is 2. The summed E-state index contributed by atoms with van der Waals surface area (Å²) in [5, 5.41) is 25.8. The Labute approximate surface area is 246 Å². The number of piperidine rings is 1. The van der Waals surface area contributed by atoms with E-state index >= 15 is 0 Å². The normalized spacial score (nSPS) is 33.5. The van der Waals surface area contributed by atoms with Crippen molar-refractivity contribution < 1.29 is 24.5 Å². The van der Waals surface area contributed by atoms with Gasteiger partial charge in [0, 0.05) is 31.2 Å². The fraction of sp³-hybridized carbons (Fsp3) is 0.714. The van der Waals surface area contributed by atoms with Crippen LogP contribution in [0.4, 0.5) is 0 Å². The molecule has 1 spiro atoms. The molecule has 0 amide bonds. The Balaban J connectivity index is 1.27. The molecule has 0 aromatic heterocycles. The maximum Gasteiger partial charge on any atom is 0.160 e. The van der Waals surface area contributed by atoms with Crippen LogP contribution in [0.2, 0.25) is 0 Å². The average Bonchev–Trinajstić information content (AvgIpc) is 3.02. The molecule has 7 atom stereocenters. The third kappa shape index (κ3) is 6.67. The zero-order valence-corrected chi connectivity index (χ0v) is 25.1. The number of carbonyl (C=O) groups excluding carboxylic acids is 2. The maximum absolute atomic E-state index is 13.8. The van der Waals surface area contributed by atoms with E-state index in [0.717, 1.165) is 75.5 Å². The molecule has 4 aliphatic rings. The maximum atomic E-state index is 13.8. The highest BCUT2D eigenvalue weighted by atomic mass is 16.5. The molecule has 2 saturated carbocycles. The molecule has 7 unspecified atom stereocenters. The molecule has 6 nitrogen and oxygen atoms in total. The average molecular weight is 564 g/mol. The van der Waals surface area contributed by atoms with Crippen LogP contribution < -0.4 is 10.1 Å². The summed E-state index contributed by atoms with van der Waals surface area (Å²) in [6.07, 6.45) is 12.3. The van der Waals surface area contributed by atoms with E-state index in [2.05, 4.69) is 24.1 Å².